The van der Waals surface area contributed by atoms with E-state index in [1.807, 2.05) is 6.07 Å². The molecule has 2 rings (SSSR count). The van der Waals surface area contributed by atoms with Crippen molar-refractivity contribution in [3.63, 3.8) is 0 Å². The maximum absolute atomic E-state index is 13.7. The van der Waals surface area contributed by atoms with Gasteiger partial charge in [0, 0.05) is 37.7 Å². The van der Waals surface area contributed by atoms with E-state index in [0.29, 0.717) is 18.0 Å². The zero-order valence-electron chi connectivity index (χ0n) is 12.8. The van der Waals surface area contributed by atoms with E-state index in [1.54, 1.807) is 6.07 Å². The minimum atomic E-state index is -0.246. The van der Waals surface area contributed by atoms with Crippen LogP contribution in [0.25, 0.3) is 0 Å². The molecular weight excluding hydrogens is 267 g/mol. The molecule has 0 aliphatic carbocycles. The fraction of sp³-hybridized carbons (Fsp3) is 0.529. The first-order valence-corrected chi connectivity index (χ1v) is 7.36. The van der Waals surface area contributed by atoms with Gasteiger partial charge in [0.05, 0.1) is 6.61 Å². The summed E-state index contributed by atoms with van der Waals surface area (Å²) in [7, 11) is 4.20. The van der Waals surface area contributed by atoms with E-state index < -0.39 is 0 Å². The van der Waals surface area contributed by atoms with Crippen molar-refractivity contribution >= 4 is 0 Å². The average Bonchev–Trinajstić information content (AvgIpc) is 2.87. The fourth-order valence-electron chi connectivity index (χ4n) is 2.67. The quantitative estimate of drug-likeness (QED) is 0.855. The Bertz CT molecular complexity index is 533. The summed E-state index contributed by atoms with van der Waals surface area (Å²) in [4.78, 5) is 4.60. The highest BCUT2D eigenvalue weighted by atomic mass is 19.1. The van der Waals surface area contributed by atoms with Gasteiger partial charge < -0.3 is 10.0 Å². The monoisotopic (exact) mass is 290 g/mol. The lowest BCUT2D eigenvalue weighted by molar-refractivity contribution is 0.264. The maximum Gasteiger partial charge on any atom is 0.124 e. The molecular formula is C17H23FN2O. The fourth-order valence-corrected chi connectivity index (χ4v) is 2.67. The van der Waals surface area contributed by atoms with Crippen LogP contribution in [-0.4, -0.2) is 54.7 Å². The topological polar surface area (TPSA) is 26.7 Å². The van der Waals surface area contributed by atoms with Crippen LogP contribution in [0.5, 0.6) is 0 Å². The molecule has 1 saturated heterocycles. The van der Waals surface area contributed by atoms with E-state index >= 15 is 0 Å². The Morgan fingerprint density at radius 1 is 1.38 bits per heavy atom. The molecule has 0 radical (unpaired) electrons. The third kappa shape index (κ3) is 4.82. The number of aliphatic hydroxyl groups is 1. The van der Waals surface area contributed by atoms with E-state index in [4.69, 9.17) is 5.11 Å². The molecule has 4 heteroatoms. The molecule has 21 heavy (non-hydrogen) atoms. The summed E-state index contributed by atoms with van der Waals surface area (Å²) in [5.41, 5.74) is 1.64. The van der Waals surface area contributed by atoms with E-state index in [-0.39, 0.29) is 12.4 Å². The summed E-state index contributed by atoms with van der Waals surface area (Å²) in [5, 5.41) is 8.73. The number of nitrogens with zero attached hydrogens (tertiary/aromatic N) is 2. The summed E-state index contributed by atoms with van der Waals surface area (Å²) in [5.74, 6) is 5.49. The van der Waals surface area contributed by atoms with Crippen molar-refractivity contribution in [1.29, 1.82) is 0 Å². The number of hydrogen-bond acceptors (Lipinski definition) is 3. The first-order chi connectivity index (χ1) is 10.1. The van der Waals surface area contributed by atoms with Crippen molar-refractivity contribution in [2.45, 2.75) is 25.4 Å². The van der Waals surface area contributed by atoms with Crippen LogP contribution in [0.1, 0.15) is 24.0 Å². The lowest BCUT2D eigenvalue weighted by Crippen LogP contribution is -2.31. The van der Waals surface area contributed by atoms with Gasteiger partial charge in [0.2, 0.25) is 0 Å². The van der Waals surface area contributed by atoms with E-state index in [0.717, 1.165) is 31.6 Å². The molecule has 1 aliphatic heterocycles. The predicted octanol–water partition coefficient (Wildman–Crippen LogP) is 1.70. The zero-order valence-corrected chi connectivity index (χ0v) is 12.8. The van der Waals surface area contributed by atoms with Crippen LogP contribution in [-0.2, 0) is 6.54 Å². The molecule has 0 amide bonds. The Labute approximate surface area is 126 Å². The van der Waals surface area contributed by atoms with Crippen LogP contribution in [0.2, 0.25) is 0 Å². The molecule has 1 atom stereocenters. The van der Waals surface area contributed by atoms with Crippen molar-refractivity contribution < 1.29 is 9.50 Å². The third-order valence-corrected chi connectivity index (χ3v) is 3.81. The normalized spacial score (nSPS) is 18.8. The number of halogens is 1. The highest BCUT2D eigenvalue weighted by Gasteiger charge is 2.23. The summed E-state index contributed by atoms with van der Waals surface area (Å²) >= 11 is 0. The standard InChI is InChI=1S/C17H23FN2O/c1-19(2)17-6-7-20(13-17)12-15-9-14(5-3-4-8-21)10-16(18)11-15/h9-11,17,21H,4,6-8,12-13H2,1-2H3. The Morgan fingerprint density at radius 3 is 2.86 bits per heavy atom. The molecule has 0 saturated carbocycles. The molecule has 0 spiro atoms. The van der Waals surface area contributed by atoms with Crippen LogP contribution in [0.15, 0.2) is 18.2 Å². The van der Waals surface area contributed by atoms with Gasteiger partial charge in [-0.3, -0.25) is 4.90 Å². The van der Waals surface area contributed by atoms with Crippen LogP contribution in [0.4, 0.5) is 4.39 Å². The Morgan fingerprint density at radius 2 is 2.19 bits per heavy atom. The van der Waals surface area contributed by atoms with Gasteiger partial charge in [-0.2, -0.15) is 0 Å². The largest absolute Gasteiger partial charge is 0.395 e. The van der Waals surface area contributed by atoms with Crippen LogP contribution in [0.3, 0.4) is 0 Å². The molecule has 1 N–H and O–H groups in total. The molecule has 0 bridgehead atoms. The van der Waals surface area contributed by atoms with Crippen molar-refractivity contribution in [3.8, 4) is 11.8 Å². The zero-order chi connectivity index (χ0) is 15.2. The molecule has 1 fully saturated rings. The summed E-state index contributed by atoms with van der Waals surface area (Å²) < 4.78 is 13.7. The summed E-state index contributed by atoms with van der Waals surface area (Å²) in [6.45, 7) is 2.87. The molecule has 1 heterocycles. The van der Waals surface area contributed by atoms with Gasteiger partial charge in [-0.05, 0) is 44.3 Å². The second-order valence-electron chi connectivity index (χ2n) is 5.76. The molecule has 114 valence electrons. The van der Waals surface area contributed by atoms with Crippen molar-refractivity contribution in [1.82, 2.24) is 9.80 Å². The highest BCUT2D eigenvalue weighted by Crippen LogP contribution is 2.17. The van der Waals surface area contributed by atoms with Gasteiger partial charge in [-0.25, -0.2) is 4.39 Å². The molecule has 0 aromatic heterocycles. The first kappa shape index (κ1) is 16.0. The third-order valence-electron chi connectivity index (χ3n) is 3.81. The van der Waals surface area contributed by atoms with E-state index in [1.165, 1.54) is 6.07 Å². The van der Waals surface area contributed by atoms with Gasteiger partial charge in [-0.1, -0.05) is 11.8 Å². The minimum Gasteiger partial charge on any atom is -0.395 e. The number of hydrogen-bond donors (Lipinski definition) is 1. The van der Waals surface area contributed by atoms with Crippen molar-refractivity contribution in [2.24, 2.45) is 0 Å². The molecule has 1 unspecified atom stereocenters. The second kappa shape index (κ2) is 7.56. The van der Waals surface area contributed by atoms with E-state index in [9.17, 15) is 4.39 Å². The van der Waals surface area contributed by atoms with E-state index in [2.05, 4.69) is 35.7 Å². The Balaban J connectivity index is 2.02. The lowest BCUT2D eigenvalue weighted by Gasteiger charge is -2.20. The summed E-state index contributed by atoms with van der Waals surface area (Å²) in [6.07, 6.45) is 1.58. The van der Waals surface area contributed by atoms with Crippen LogP contribution < -0.4 is 0 Å². The molecule has 1 aromatic rings. The maximum atomic E-state index is 13.7. The van der Waals surface area contributed by atoms with Gasteiger partial charge in [0.15, 0.2) is 0 Å². The molecule has 1 aliphatic rings. The number of likely N-dealkylation sites (N-methyl/N-ethyl adjacent to an activating group) is 1. The van der Waals surface area contributed by atoms with Crippen molar-refractivity contribution in [2.75, 3.05) is 33.8 Å². The Hall–Kier alpha value is -1.41. The SMILES string of the molecule is CN(C)C1CCN(Cc2cc(F)cc(C#CCCO)c2)C1. The molecule has 3 nitrogen and oxygen atoms in total. The summed E-state index contributed by atoms with van der Waals surface area (Å²) in [6, 6.07) is 5.55. The molecule has 1 aromatic carbocycles. The van der Waals surface area contributed by atoms with Gasteiger partial charge in [-0.15, -0.1) is 0 Å². The smallest absolute Gasteiger partial charge is 0.124 e. The van der Waals surface area contributed by atoms with Crippen molar-refractivity contribution in [3.05, 3.63) is 35.1 Å². The number of aliphatic hydroxyl groups excluding tert-OH is 1. The van der Waals surface area contributed by atoms with Crippen LogP contribution >= 0.6 is 0 Å². The number of benzene rings is 1. The van der Waals surface area contributed by atoms with Gasteiger partial charge >= 0.3 is 0 Å². The van der Waals surface area contributed by atoms with Gasteiger partial charge in [0.1, 0.15) is 5.82 Å². The van der Waals surface area contributed by atoms with Crippen LogP contribution in [0, 0.1) is 17.7 Å². The number of rotatable bonds is 4. The lowest BCUT2D eigenvalue weighted by atomic mass is 10.1. The second-order valence-corrected chi connectivity index (χ2v) is 5.76. The van der Waals surface area contributed by atoms with Gasteiger partial charge in [0.25, 0.3) is 0 Å². The Kier molecular flexibility index (Phi) is 5.75. The highest BCUT2D eigenvalue weighted by molar-refractivity contribution is 5.37. The first-order valence-electron chi connectivity index (χ1n) is 7.36. The number of likely N-dealkylation sites (tertiary alicyclic amines) is 1. The average molecular weight is 290 g/mol. The predicted molar refractivity (Wildman–Crippen MR) is 82.3 cm³/mol. The minimum absolute atomic E-state index is 0.0366.